The topological polar surface area (TPSA) is 20.3 Å². The summed E-state index contributed by atoms with van der Waals surface area (Å²) in [7, 11) is 1.87. The minimum atomic E-state index is 0.258. The molecule has 0 spiro atoms. The highest BCUT2D eigenvalue weighted by Gasteiger charge is 2.05. The average Bonchev–Trinajstić information content (AvgIpc) is 2.12. The molecule has 0 N–H and O–H groups in total. The quantitative estimate of drug-likeness (QED) is 0.462. The lowest BCUT2D eigenvalue weighted by Gasteiger charge is -2.16. The molecule has 0 aromatic carbocycles. The SMILES string of the molecule is CCCC(=O)N(C)CCCCCCl. The third kappa shape index (κ3) is 6.88. The predicted octanol–water partition coefficient (Wildman–Crippen LogP) is 2.65. The van der Waals surface area contributed by atoms with Crippen molar-refractivity contribution in [2.75, 3.05) is 19.5 Å². The normalized spacial score (nSPS) is 10.1. The molecule has 0 saturated carbocycles. The number of carbonyl (C=O) groups excluding carboxylic acids is 1. The lowest BCUT2D eigenvalue weighted by atomic mass is 10.2. The molecular weight excluding hydrogens is 186 g/mol. The number of hydrogen-bond acceptors (Lipinski definition) is 1. The van der Waals surface area contributed by atoms with Crippen molar-refractivity contribution in [2.24, 2.45) is 0 Å². The van der Waals surface area contributed by atoms with Gasteiger partial charge in [-0.15, -0.1) is 11.6 Å². The molecule has 0 saturated heterocycles. The highest BCUT2D eigenvalue weighted by molar-refractivity contribution is 6.17. The van der Waals surface area contributed by atoms with Crippen molar-refractivity contribution in [2.45, 2.75) is 39.0 Å². The number of nitrogens with zero attached hydrogens (tertiary/aromatic N) is 1. The largest absolute Gasteiger partial charge is 0.346 e. The minimum Gasteiger partial charge on any atom is -0.346 e. The van der Waals surface area contributed by atoms with Crippen LogP contribution in [0.5, 0.6) is 0 Å². The van der Waals surface area contributed by atoms with Crippen LogP contribution >= 0.6 is 11.6 Å². The minimum absolute atomic E-state index is 0.258. The van der Waals surface area contributed by atoms with Gasteiger partial charge in [-0.2, -0.15) is 0 Å². The second-order valence-corrected chi connectivity index (χ2v) is 3.69. The van der Waals surface area contributed by atoms with Crippen molar-refractivity contribution in [3.8, 4) is 0 Å². The average molecular weight is 206 g/mol. The van der Waals surface area contributed by atoms with E-state index in [1.54, 1.807) is 0 Å². The maximum Gasteiger partial charge on any atom is 0.222 e. The van der Waals surface area contributed by atoms with Crippen molar-refractivity contribution < 1.29 is 4.79 Å². The zero-order valence-electron chi connectivity index (χ0n) is 8.68. The standard InChI is InChI=1S/C10H20ClNO/c1-3-7-10(13)12(2)9-6-4-5-8-11/h3-9H2,1-2H3. The van der Waals surface area contributed by atoms with Crippen LogP contribution in [-0.4, -0.2) is 30.3 Å². The lowest BCUT2D eigenvalue weighted by molar-refractivity contribution is -0.129. The molecule has 78 valence electrons. The zero-order chi connectivity index (χ0) is 10.1. The molecule has 1 amide bonds. The van der Waals surface area contributed by atoms with Gasteiger partial charge in [-0.05, 0) is 19.3 Å². The maximum atomic E-state index is 11.3. The van der Waals surface area contributed by atoms with Crippen LogP contribution in [0.2, 0.25) is 0 Å². The summed E-state index contributed by atoms with van der Waals surface area (Å²) in [4.78, 5) is 13.1. The Morgan fingerprint density at radius 2 is 2.00 bits per heavy atom. The molecule has 2 nitrogen and oxygen atoms in total. The number of rotatable bonds is 7. The molecule has 0 fully saturated rings. The van der Waals surface area contributed by atoms with E-state index < -0.39 is 0 Å². The van der Waals surface area contributed by atoms with Crippen LogP contribution in [0.25, 0.3) is 0 Å². The first-order chi connectivity index (χ1) is 6.22. The third-order valence-corrected chi connectivity index (χ3v) is 2.28. The van der Waals surface area contributed by atoms with Crippen LogP contribution in [0.4, 0.5) is 0 Å². The fourth-order valence-electron chi connectivity index (χ4n) is 1.15. The van der Waals surface area contributed by atoms with E-state index in [0.717, 1.165) is 38.1 Å². The third-order valence-electron chi connectivity index (χ3n) is 2.02. The van der Waals surface area contributed by atoms with Crippen molar-refractivity contribution in [1.82, 2.24) is 4.90 Å². The molecular formula is C10H20ClNO. The number of amides is 1. The summed E-state index contributed by atoms with van der Waals surface area (Å²) in [5.41, 5.74) is 0. The van der Waals surface area contributed by atoms with Gasteiger partial charge in [0, 0.05) is 25.9 Å². The van der Waals surface area contributed by atoms with Gasteiger partial charge in [-0.1, -0.05) is 13.3 Å². The Labute approximate surface area is 86.2 Å². The first kappa shape index (κ1) is 12.8. The second kappa shape index (κ2) is 8.36. The molecule has 13 heavy (non-hydrogen) atoms. The van der Waals surface area contributed by atoms with Gasteiger partial charge in [0.2, 0.25) is 5.91 Å². The zero-order valence-corrected chi connectivity index (χ0v) is 9.44. The summed E-state index contributed by atoms with van der Waals surface area (Å²) < 4.78 is 0. The summed E-state index contributed by atoms with van der Waals surface area (Å²) in [6, 6.07) is 0. The molecule has 0 heterocycles. The van der Waals surface area contributed by atoms with Crippen LogP contribution in [0, 0.1) is 0 Å². The number of hydrogen-bond donors (Lipinski definition) is 0. The predicted molar refractivity (Wildman–Crippen MR) is 57.1 cm³/mol. The van der Waals surface area contributed by atoms with E-state index in [1.807, 2.05) is 18.9 Å². The Morgan fingerprint density at radius 1 is 1.31 bits per heavy atom. The molecule has 0 aliphatic heterocycles. The Balaban J connectivity index is 3.38. The number of carbonyl (C=O) groups is 1. The molecule has 0 aromatic rings. The molecule has 0 unspecified atom stereocenters. The van der Waals surface area contributed by atoms with E-state index in [2.05, 4.69) is 0 Å². The lowest BCUT2D eigenvalue weighted by Crippen LogP contribution is -2.27. The molecule has 0 aliphatic carbocycles. The Bertz CT molecular complexity index is 139. The van der Waals surface area contributed by atoms with E-state index >= 15 is 0 Å². The van der Waals surface area contributed by atoms with E-state index in [4.69, 9.17) is 11.6 Å². The molecule has 0 atom stereocenters. The van der Waals surface area contributed by atoms with Gasteiger partial charge in [0.1, 0.15) is 0 Å². The highest BCUT2D eigenvalue weighted by Crippen LogP contribution is 2.01. The molecule has 0 radical (unpaired) electrons. The smallest absolute Gasteiger partial charge is 0.222 e. The first-order valence-electron chi connectivity index (χ1n) is 5.02. The summed E-state index contributed by atoms with van der Waals surface area (Å²) in [6.45, 7) is 2.90. The van der Waals surface area contributed by atoms with Crippen molar-refractivity contribution in [1.29, 1.82) is 0 Å². The van der Waals surface area contributed by atoms with E-state index in [0.29, 0.717) is 6.42 Å². The van der Waals surface area contributed by atoms with Gasteiger partial charge >= 0.3 is 0 Å². The van der Waals surface area contributed by atoms with Gasteiger partial charge in [0.15, 0.2) is 0 Å². The Hall–Kier alpha value is -0.240. The van der Waals surface area contributed by atoms with E-state index in [-0.39, 0.29) is 5.91 Å². The van der Waals surface area contributed by atoms with Gasteiger partial charge in [-0.3, -0.25) is 4.79 Å². The number of unbranched alkanes of at least 4 members (excludes halogenated alkanes) is 2. The van der Waals surface area contributed by atoms with Crippen molar-refractivity contribution in [3.63, 3.8) is 0 Å². The van der Waals surface area contributed by atoms with Crippen LogP contribution < -0.4 is 0 Å². The second-order valence-electron chi connectivity index (χ2n) is 3.31. The summed E-state index contributed by atoms with van der Waals surface area (Å²) in [6.07, 6.45) is 4.85. The molecule has 0 aromatic heterocycles. The fourth-order valence-corrected chi connectivity index (χ4v) is 1.34. The summed E-state index contributed by atoms with van der Waals surface area (Å²) >= 11 is 5.55. The Kier molecular flexibility index (Phi) is 8.21. The first-order valence-corrected chi connectivity index (χ1v) is 5.55. The Morgan fingerprint density at radius 3 is 2.54 bits per heavy atom. The van der Waals surface area contributed by atoms with Gasteiger partial charge in [0.25, 0.3) is 0 Å². The molecule has 3 heteroatoms. The van der Waals surface area contributed by atoms with E-state index in [9.17, 15) is 4.79 Å². The molecule has 0 aliphatic rings. The van der Waals surface area contributed by atoms with Crippen LogP contribution in [0.1, 0.15) is 39.0 Å². The molecule has 0 rings (SSSR count). The maximum absolute atomic E-state index is 11.3. The monoisotopic (exact) mass is 205 g/mol. The van der Waals surface area contributed by atoms with Crippen LogP contribution in [0.3, 0.4) is 0 Å². The molecule has 0 bridgehead atoms. The summed E-state index contributed by atoms with van der Waals surface area (Å²) in [5, 5.41) is 0. The summed E-state index contributed by atoms with van der Waals surface area (Å²) in [5.74, 6) is 0.987. The highest BCUT2D eigenvalue weighted by atomic mass is 35.5. The van der Waals surface area contributed by atoms with Crippen molar-refractivity contribution in [3.05, 3.63) is 0 Å². The van der Waals surface area contributed by atoms with Crippen molar-refractivity contribution >= 4 is 17.5 Å². The number of alkyl halides is 1. The van der Waals surface area contributed by atoms with Crippen LogP contribution in [-0.2, 0) is 4.79 Å². The number of halogens is 1. The van der Waals surface area contributed by atoms with Gasteiger partial charge < -0.3 is 4.90 Å². The van der Waals surface area contributed by atoms with Gasteiger partial charge in [0.05, 0.1) is 0 Å². The fraction of sp³-hybridized carbons (Fsp3) is 0.900. The van der Waals surface area contributed by atoms with E-state index in [1.165, 1.54) is 0 Å². The van der Waals surface area contributed by atoms with Gasteiger partial charge in [-0.25, -0.2) is 0 Å². The van der Waals surface area contributed by atoms with Crippen LogP contribution in [0.15, 0.2) is 0 Å².